The maximum atomic E-state index is 12.5. The average molecular weight is 409 g/mol. The molecule has 0 N–H and O–H groups in total. The summed E-state index contributed by atoms with van der Waals surface area (Å²) in [6.07, 6.45) is 6.04. The highest BCUT2D eigenvalue weighted by atomic mass is 35.5. The molecule has 0 radical (unpaired) electrons. The first-order chi connectivity index (χ1) is 13.6. The van der Waals surface area contributed by atoms with E-state index in [-0.39, 0.29) is 5.91 Å². The number of hydrogen-bond donors (Lipinski definition) is 0. The summed E-state index contributed by atoms with van der Waals surface area (Å²) >= 11 is 6.29. The number of carbonyl (C=O) groups excluding carboxylic acids is 1. The van der Waals surface area contributed by atoms with E-state index in [0.29, 0.717) is 29.2 Å². The fourth-order valence-corrected chi connectivity index (χ4v) is 3.89. The molecule has 0 aromatic heterocycles. The number of nitrogens with zero attached hydrogens (tertiary/aromatic N) is 2. The SMILES string of the molecule is CCOc1c(Cl)cc(/C=C/C(=O)N2CCN(CC3CCCO3)CC2)cc1OC. The lowest BCUT2D eigenvalue weighted by Crippen LogP contribution is -2.50. The maximum Gasteiger partial charge on any atom is 0.246 e. The van der Waals surface area contributed by atoms with Crippen molar-refractivity contribution in [2.45, 2.75) is 25.9 Å². The summed E-state index contributed by atoms with van der Waals surface area (Å²) in [5.41, 5.74) is 0.802. The second kappa shape index (κ2) is 10.1. The Hall–Kier alpha value is -1.76. The lowest BCUT2D eigenvalue weighted by Gasteiger charge is -2.35. The third kappa shape index (κ3) is 5.40. The minimum Gasteiger partial charge on any atom is -0.493 e. The molecule has 1 aromatic carbocycles. The molecule has 3 rings (SSSR count). The lowest BCUT2D eigenvalue weighted by molar-refractivity contribution is -0.127. The van der Waals surface area contributed by atoms with E-state index in [2.05, 4.69) is 4.90 Å². The van der Waals surface area contributed by atoms with Gasteiger partial charge in [-0.1, -0.05) is 11.6 Å². The zero-order chi connectivity index (χ0) is 19.9. The number of amides is 1. The summed E-state index contributed by atoms with van der Waals surface area (Å²) in [5.74, 6) is 1.10. The first-order valence-corrected chi connectivity index (χ1v) is 10.3. The molecule has 28 heavy (non-hydrogen) atoms. The monoisotopic (exact) mass is 408 g/mol. The van der Waals surface area contributed by atoms with Gasteiger partial charge in [-0.15, -0.1) is 0 Å². The Bertz CT molecular complexity index is 696. The number of halogens is 1. The van der Waals surface area contributed by atoms with Crippen molar-refractivity contribution in [3.05, 3.63) is 28.8 Å². The van der Waals surface area contributed by atoms with Gasteiger partial charge >= 0.3 is 0 Å². The van der Waals surface area contributed by atoms with Gasteiger partial charge in [-0.3, -0.25) is 9.69 Å². The minimum atomic E-state index is 0.0146. The van der Waals surface area contributed by atoms with Gasteiger partial charge in [0.2, 0.25) is 5.91 Å². The van der Waals surface area contributed by atoms with Gasteiger partial charge in [0.1, 0.15) is 0 Å². The molecule has 2 aliphatic heterocycles. The molecule has 154 valence electrons. The molecular weight excluding hydrogens is 380 g/mol. The third-order valence-electron chi connectivity index (χ3n) is 5.13. The Labute approximate surface area is 172 Å². The Morgan fingerprint density at radius 3 is 2.75 bits per heavy atom. The molecule has 6 nitrogen and oxygen atoms in total. The van der Waals surface area contributed by atoms with Gasteiger partial charge in [-0.05, 0) is 43.5 Å². The maximum absolute atomic E-state index is 12.5. The number of benzene rings is 1. The lowest BCUT2D eigenvalue weighted by atomic mass is 10.1. The predicted octanol–water partition coefficient (Wildman–Crippen LogP) is 3.08. The van der Waals surface area contributed by atoms with Gasteiger partial charge < -0.3 is 19.1 Å². The Balaban J connectivity index is 1.54. The largest absolute Gasteiger partial charge is 0.493 e. The quantitative estimate of drug-likeness (QED) is 0.649. The van der Waals surface area contributed by atoms with Crippen molar-refractivity contribution in [1.29, 1.82) is 0 Å². The normalized spacial score (nSPS) is 20.7. The van der Waals surface area contributed by atoms with Crippen molar-refractivity contribution in [1.82, 2.24) is 9.80 Å². The number of methoxy groups -OCH3 is 1. The van der Waals surface area contributed by atoms with Crippen LogP contribution in [0.5, 0.6) is 11.5 Å². The van der Waals surface area contributed by atoms with Crippen LogP contribution in [0.1, 0.15) is 25.3 Å². The van der Waals surface area contributed by atoms with E-state index < -0.39 is 0 Å². The molecule has 1 unspecified atom stereocenters. The van der Waals surface area contributed by atoms with Crippen LogP contribution in [0.25, 0.3) is 6.08 Å². The average Bonchev–Trinajstić information content (AvgIpc) is 3.21. The Kier molecular flexibility index (Phi) is 7.59. The number of hydrogen-bond acceptors (Lipinski definition) is 5. The van der Waals surface area contributed by atoms with E-state index in [4.69, 9.17) is 25.8 Å². The van der Waals surface area contributed by atoms with Crippen LogP contribution in [0.4, 0.5) is 0 Å². The smallest absolute Gasteiger partial charge is 0.246 e. The van der Waals surface area contributed by atoms with E-state index in [0.717, 1.165) is 57.7 Å². The molecule has 0 saturated carbocycles. The molecule has 2 heterocycles. The number of carbonyl (C=O) groups is 1. The molecule has 0 spiro atoms. The molecule has 0 bridgehead atoms. The van der Waals surface area contributed by atoms with Gasteiger partial charge in [-0.2, -0.15) is 0 Å². The predicted molar refractivity (Wildman–Crippen MR) is 110 cm³/mol. The van der Waals surface area contributed by atoms with Crippen molar-refractivity contribution in [3.63, 3.8) is 0 Å². The highest BCUT2D eigenvalue weighted by Crippen LogP contribution is 2.36. The molecule has 7 heteroatoms. The molecule has 1 atom stereocenters. The van der Waals surface area contributed by atoms with Gasteiger partial charge in [0.15, 0.2) is 11.5 Å². The summed E-state index contributed by atoms with van der Waals surface area (Å²) in [6, 6.07) is 3.60. The zero-order valence-electron chi connectivity index (χ0n) is 16.7. The van der Waals surface area contributed by atoms with Crippen LogP contribution in [0.2, 0.25) is 5.02 Å². The molecule has 1 amide bonds. The molecule has 0 aliphatic carbocycles. The first-order valence-electron chi connectivity index (χ1n) is 9.92. The van der Waals surface area contributed by atoms with Crippen molar-refractivity contribution in [3.8, 4) is 11.5 Å². The van der Waals surface area contributed by atoms with E-state index in [1.165, 1.54) is 0 Å². The Morgan fingerprint density at radius 2 is 2.11 bits per heavy atom. The fraction of sp³-hybridized carbons (Fsp3) is 0.571. The van der Waals surface area contributed by atoms with Crippen LogP contribution in [-0.4, -0.2) is 74.9 Å². The fourth-order valence-electron chi connectivity index (χ4n) is 3.62. The third-order valence-corrected chi connectivity index (χ3v) is 5.41. The highest BCUT2D eigenvalue weighted by molar-refractivity contribution is 6.32. The van der Waals surface area contributed by atoms with Gasteiger partial charge in [-0.25, -0.2) is 0 Å². The van der Waals surface area contributed by atoms with Crippen molar-refractivity contribution in [2.24, 2.45) is 0 Å². The Morgan fingerprint density at radius 1 is 1.32 bits per heavy atom. The summed E-state index contributed by atoms with van der Waals surface area (Å²) < 4.78 is 16.6. The van der Waals surface area contributed by atoms with Gasteiger partial charge in [0.25, 0.3) is 0 Å². The van der Waals surface area contributed by atoms with E-state index in [1.807, 2.05) is 17.9 Å². The molecule has 1 aromatic rings. The van der Waals surface area contributed by atoms with E-state index in [9.17, 15) is 4.79 Å². The standard InChI is InChI=1S/C21H29ClN2O4/c1-3-27-21-18(22)13-16(14-19(21)26-2)6-7-20(25)24-10-8-23(9-11-24)15-17-5-4-12-28-17/h6-7,13-14,17H,3-5,8-12,15H2,1-2H3/b7-6+. The summed E-state index contributed by atoms with van der Waals surface area (Å²) in [6.45, 7) is 7.51. The number of rotatable bonds is 7. The second-order valence-corrected chi connectivity index (χ2v) is 7.47. The number of piperazine rings is 1. The van der Waals surface area contributed by atoms with E-state index in [1.54, 1.807) is 25.3 Å². The topological polar surface area (TPSA) is 51.2 Å². The summed E-state index contributed by atoms with van der Waals surface area (Å²) in [7, 11) is 1.57. The molecule has 2 aliphatic rings. The molecular formula is C21H29ClN2O4. The van der Waals surface area contributed by atoms with Crippen molar-refractivity contribution < 1.29 is 19.0 Å². The van der Waals surface area contributed by atoms with Gasteiger partial charge in [0.05, 0.1) is 24.8 Å². The van der Waals surface area contributed by atoms with Crippen LogP contribution in [0.15, 0.2) is 18.2 Å². The van der Waals surface area contributed by atoms with Crippen molar-refractivity contribution in [2.75, 3.05) is 53.0 Å². The second-order valence-electron chi connectivity index (χ2n) is 7.06. The van der Waals surface area contributed by atoms with Crippen LogP contribution in [0.3, 0.4) is 0 Å². The van der Waals surface area contributed by atoms with Crippen molar-refractivity contribution >= 4 is 23.6 Å². The summed E-state index contributed by atoms with van der Waals surface area (Å²) in [4.78, 5) is 16.8. The zero-order valence-corrected chi connectivity index (χ0v) is 17.4. The van der Waals surface area contributed by atoms with E-state index >= 15 is 0 Å². The van der Waals surface area contributed by atoms with Crippen LogP contribution in [-0.2, 0) is 9.53 Å². The summed E-state index contributed by atoms with van der Waals surface area (Å²) in [5, 5.41) is 0.469. The van der Waals surface area contributed by atoms with Crippen LogP contribution in [0, 0.1) is 0 Å². The van der Waals surface area contributed by atoms with Crippen LogP contribution >= 0.6 is 11.6 Å². The first kappa shape index (κ1) is 21.0. The minimum absolute atomic E-state index is 0.0146. The molecule has 2 saturated heterocycles. The number of ether oxygens (including phenoxy) is 3. The van der Waals surface area contributed by atoms with Crippen LogP contribution < -0.4 is 9.47 Å². The van der Waals surface area contributed by atoms with Gasteiger partial charge in [0, 0.05) is 45.4 Å². The highest BCUT2D eigenvalue weighted by Gasteiger charge is 2.24. The molecule has 2 fully saturated rings.